The highest BCUT2D eigenvalue weighted by Gasteiger charge is 2.43. The largest absolute Gasteiger partial charge is 0.420 e. The number of benzene rings is 2. The van der Waals surface area contributed by atoms with Crippen LogP contribution >= 0.6 is 22.6 Å². The van der Waals surface area contributed by atoms with E-state index in [1.54, 1.807) is 0 Å². The molecule has 1 fully saturated rings. The molecule has 0 saturated carbocycles. The first-order chi connectivity index (χ1) is 12.2. The molecule has 4 rings (SSSR count). The van der Waals surface area contributed by atoms with E-state index in [9.17, 15) is 9.59 Å². The molecular weight excluding hydrogens is 431 g/mol. The molecule has 2 atom stereocenters. The number of hydrogen-bond acceptors (Lipinski definition) is 3. The lowest BCUT2D eigenvalue weighted by Gasteiger charge is -2.36. The van der Waals surface area contributed by atoms with Crippen molar-refractivity contribution >= 4 is 28.5 Å². The molecule has 6 heteroatoms. The second-order valence-electron chi connectivity index (χ2n) is 5.86. The van der Waals surface area contributed by atoms with E-state index < -0.39 is 11.8 Å². The van der Waals surface area contributed by atoms with E-state index in [4.69, 9.17) is 4.42 Å². The molecule has 1 aliphatic rings. The first-order valence-electron chi connectivity index (χ1n) is 7.93. The van der Waals surface area contributed by atoms with Crippen molar-refractivity contribution in [2.75, 3.05) is 4.43 Å². The fourth-order valence-electron chi connectivity index (χ4n) is 3.14. The molecule has 0 unspecified atom stereocenters. The molecular formula is C19H15IN2O3. The van der Waals surface area contributed by atoms with Gasteiger partial charge in [-0.15, -0.1) is 0 Å². The lowest BCUT2D eigenvalue weighted by atomic mass is 9.98. The molecule has 5 nitrogen and oxygen atoms in total. The Balaban J connectivity index is 1.97. The van der Waals surface area contributed by atoms with Crippen molar-refractivity contribution in [2.24, 2.45) is 0 Å². The molecule has 0 radical (unpaired) electrons. The fourth-order valence-corrected chi connectivity index (χ4v) is 3.85. The molecule has 3 aromatic rings. The topological polar surface area (TPSA) is 64.2 Å². The van der Waals surface area contributed by atoms with Crippen molar-refractivity contribution in [2.45, 2.75) is 12.1 Å². The summed E-state index contributed by atoms with van der Waals surface area (Å²) in [6.07, 6.45) is 0. The first kappa shape index (κ1) is 16.1. The van der Waals surface area contributed by atoms with Crippen molar-refractivity contribution in [3.05, 3.63) is 71.2 Å². The number of nitrogens with one attached hydrogen (secondary N) is 1. The van der Waals surface area contributed by atoms with Gasteiger partial charge in [-0.05, 0) is 0 Å². The average Bonchev–Trinajstić information content (AvgIpc) is 2.98. The zero-order valence-electron chi connectivity index (χ0n) is 13.2. The van der Waals surface area contributed by atoms with Gasteiger partial charge in [0.2, 0.25) is 5.91 Å². The van der Waals surface area contributed by atoms with Crippen LogP contribution in [0.3, 0.4) is 0 Å². The van der Waals surface area contributed by atoms with Gasteiger partial charge in [0.05, 0.1) is 11.7 Å². The second-order valence-corrected chi connectivity index (χ2v) is 6.74. The summed E-state index contributed by atoms with van der Waals surface area (Å²) < 4.78 is 7.83. The number of amides is 1. The molecule has 1 amide bonds. The van der Waals surface area contributed by atoms with Crippen LogP contribution in [0.15, 0.2) is 69.9 Å². The zero-order chi connectivity index (χ0) is 17.4. The maximum atomic E-state index is 12.7. The number of oxazole rings is 1. The Bertz CT molecular complexity index is 963. The number of β-lactam (4-membered cyclic amide) rings is 1. The van der Waals surface area contributed by atoms with E-state index in [-0.39, 0.29) is 11.9 Å². The van der Waals surface area contributed by atoms with Gasteiger partial charge < -0.3 is 9.73 Å². The van der Waals surface area contributed by atoms with E-state index in [1.165, 1.54) is 4.57 Å². The maximum Gasteiger partial charge on any atom is 0.420 e. The number of aromatic nitrogens is 1. The van der Waals surface area contributed by atoms with Gasteiger partial charge in [-0.3, -0.25) is 9.36 Å². The van der Waals surface area contributed by atoms with Gasteiger partial charge in [-0.25, -0.2) is 4.79 Å². The molecule has 0 spiro atoms. The van der Waals surface area contributed by atoms with Gasteiger partial charge in [-0.1, -0.05) is 83.3 Å². The zero-order valence-corrected chi connectivity index (χ0v) is 15.3. The Hall–Kier alpha value is -2.35. The van der Waals surface area contributed by atoms with E-state index in [1.807, 2.05) is 60.7 Å². The number of rotatable bonds is 4. The normalized spacial score (nSPS) is 19.3. The number of nitrogens with zero attached hydrogens (tertiary/aromatic N) is 1. The highest BCUT2D eigenvalue weighted by molar-refractivity contribution is 14.1. The van der Waals surface area contributed by atoms with Crippen LogP contribution in [0.25, 0.3) is 22.6 Å². The Kier molecular flexibility index (Phi) is 4.20. The third-order valence-corrected chi connectivity index (χ3v) is 5.30. The molecule has 1 saturated heterocycles. The first-order valence-corrected chi connectivity index (χ1v) is 9.46. The van der Waals surface area contributed by atoms with Crippen molar-refractivity contribution < 1.29 is 9.21 Å². The van der Waals surface area contributed by atoms with Crippen molar-refractivity contribution in [1.29, 1.82) is 0 Å². The number of carbonyl (C=O) groups excluding carboxylic acids is 1. The predicted octanol–water partition coefficient (Wildman–Crippen LogP) is 3.25. The Morgan fingerprint density at radius 2 is 1.56 bits per heavy atom. The molecule has 1 N–H and O–H groups in total. The quantitative estimate of drug-likeness (QED) is 0.380. The fraction of sp³-hybridized carbons (Fsp3) is 0.158. The van der Waals surface area contributed by atoms with Gasteiger partial charge in [-0.2, -0.15) is 0 Å². The molecule has 0 bridgehead atoms. The number of carbonyl (C=O) groups is 1. The van der Waals surface area contributed by atoms with Gasteiger partial charge in [0.15, 0.2) is 5.76 Å². The number of hydrogen-bond donors (Lipinski definition) is 1. The lowest BCUT2D eigenvalue weighted by Crippen LogP contribution is -2.61. The van der Waals surface area contributed by atoms with E-state index >= 15 is 0 Å². The smallest absolute Gasteiger partial charge is 0.407 e. The van der Waals surface area contributed by atoms with Gasteiger partial charge in [0.25, 0.3) is 0 Å². The van der Waals surface area contributed by atoms with Crippen LogP contribution in [-0.4, -0.2) is 20.9 Å². The van der Waals surface area contributed by atoms with Gasteiger partial charge >= 0.3 is 5.76 Å². The summed E-state index contributed by atoms with van der Waals surface area (Å²) in [7, 11) is 0. The Morgan fingerprint density at radius 3 is 2.12 bits per heavy atom. The highest BCUT2D eigenvalue weighted by atomic mass is 127. The van der Waals surface area contributed by atoms with E-state index in [2.05, 4.69) is 27.9 Å². The highest BCUT2D eigenvalue weighted by Crippen LogP contribution is 2.35. The monoisotopic (exact) mass is 446 g/mol. The molecule has 2 heterocycles. The van der Waals surface area contributed by atoms with Crippen LogP contribution in [0.5, 0.6) is 0 Å². The summed E-state index contributed by atoms with van der Waals surface area (Å²) in [6.45, 7) is 0. The standard InChI is InChI=1S/C19H15IN2O3/c20-11-14-16(18(23)21-14)22-15(12-7-3-1-4-8-12)17(25-19(22)24)13-9-5-2-6-10-13/h1-10,14,16H,11H2,(H,21,23)/t14-,16+/m0/s1. The summed E-state index contributed by atoms with van der Waals surface area (Å²) in [6, 6.07) is 18.4. The summed E-state index contributed by atoms with van der Waals surface area (Å²) in [5.74, 6) is -0.169. The summed E-state index contributed by atoms with van der Waals surface area (Å²) in [5.41, 5.74) is 2.30. The average molecular weight is 446 g/mol. The molecule has 1 aromatic heterocycles. The van der Waals surface area contributed by atoms with Gasteiger partial charge in [0.1, 0.15) is 6.04 Å². The molecule has 2 aromatic carbocycles. The number of alkyl halides is 1. The Labute approximate surface area is 157 Å². The maximum absolute atomic E-state index is 12.7. The lowest BCUT2D eigenvalue weighted by molar-refractivity contribution is -0.133. The minimum atomic E-state index is -0.541. The molecule has 0 aliphatic carbocycles. The summed E-state index contributed by atoms with van der Waals surface area (Å²) >= 11 is 2.21. The molecule has 126 valence electrons. The van der Waals surface area contributed by atoms with Crippen LogP contribution in [0.4, 0.5) is 0 Å². The van der Waals surface area contributed by atoms with Crippen LogP contribution in [0, 0.1) is 0 Å². The van der Waals surface area contributed by atoms with E-state index in [0.29, 0.717) is 11.5 Å². The SMILES string of the molecule is O=C1N[C@@H](CI)[C@H]1n1c(-c2ccccc2)c(-c2ccccc2)oc1=O. The van der Waals surface area contributed by atoms with Gasteiger partial charge in [0, 0.05) is 15.6 Å². The predicted molar refractivity (Wildman–Crippen MR) is 104 cm³/mol. The van der Waals surface area contributed by atoms with Crippen LogP contribution in [0.1, 0.15) is 6.04 Å². The minimum Gasteiger partial charge on any atom is -0.407 e. The second kappa shape index (κ2) is 6.51. The van der Waals surface area contributed by atoms with Crippen molar-refractivity contribution in [3.63, 3.8) is 0 Å². The van der Waals surface area contributed by atoms with Crippen LogP contribution in [-0.2, 0) is 4.79 Å². The molecule has 1 aliphatic heterocycles. The third kappa shape index (κ3) is 2.70. The molecule has 25 heavy (non-hydrogen) atoms. The van der Waals surface area contributed by atoms with Crippen LogP contribution < -0.4 is 11.1 Å². The van der Waals surface area contributed by atoms with Crippen LogP contribution in [0.2, 0.25) is 0 Å². The minimum absolute atomic E-state index is 0.0746. The van der Waals surface area contributed by atoms with E-state index in [0.717, 1.165) is 15.6 Å². The third-order valence-electron chi connectivity index (χ3n) is 4.35. The van der Waals surface area contributed by atoms with Crippen molar-refractivity contribution in [3.8, 4) is 22.6 Å². The summed E-state index contributed by atoms with van der Waals surface area (Å²) in [5, 5.41) is 2.85. The summed E-state index contributed by atoms with van der Waals surface area (Å²) in [4.78, 5) is 24.8. The Morgan fingerprint density at radius 1 is 0.960 bits per heavy atom. The number of halogens is 1. The van der Waals surface area contributed by atoms with Crippen molar-refractivity contribution in [1.82, 2.24) is 9.88 Å².